The van der Waals surface area contributed by atoms with Gasteiger partial charge in [-0.25, -0.2) is 0 Å². The SMILES string of the molecule is N#CC1(C(=O)N[C@@H]2CCc3ccc(-c4ccccc4)cc32)CCOCC1. The molecule has 1 aliphatic carbocycles. The fourth-order valence-electron chi connectivity index (χ4n) is 3.97. The molecule has 0 radical (unpaired) electrons. The summed E-state index contributed by atoms with van der Waals surface area (Å²) in [5.41, 5.74) is 3.85. The van der Waals surface area contributed by atoms with Crippen LogP contribution >= 0.6 is 0 Å². The van der Waals surface area contributed by atoms with Gasteiger partial charge in [-0.3, -0.25) is 4.79 Å². The molecule has 4 heteroatoms. The Morgan fingerprint density at radius 3 is 2.62 bits per heavy atom. The first-order valence-electron chi connectivity index (χ1n) is 9.20. The zero-order valence-corrected chi connectivity index (χ0v) is 14.7. The van der Waals surface area contributed by atoms with Crippen molar-refractivity contribution >= 4 is 5.91 Å². The van der Waals surface area contributed by atoms with E-state index in [9.17, 15) is 10.1 Å². The van der Waals surface area contributed by atoms with Crippen LogP contribution in [0.5, 0.6) is 0 Å². The summed E-state index contributed by atoms with van der Waals surface area (Å²) in [5.74, 6) is -0.147. The van der Waals surface area contributed by atoms with Gasteiger partial charge in [0, 0.05) is 13.2 Å². The molecule has 2 aliphatic rings. The van der Waals surface area contributed by atoms with Crippen LogP contribution in [0.3, 0.4) is 0 Å². The number of nitrogens with zero attached hydrogens (tertiary/aromatic N) is 1. The summed E-state index contributed by atoms with van der Waals surface area (Å²) >= 11 is 0. The Morgan fingerprint density at radius 1 is 1.12 bits per heavy atom. The molecule has 26 heavy (non-hydrogen) atoms. The molecule has 4 nitrogen and oxygen atoms in total. The van der Waals surface area contributed by atoms with Gasteiger partial charge in [0.15, 0.2) is 0 Å². The molecule has 0 bridgehead atoms. The van der Waals surface area contributed by atoms with Crippen molar-refractivity contribution in [2.45, 2.75) is 31.7 Å². The Bertz CT molecular complexity index is 848. The number of ether oxygens (including phenoxy) is 1. The van der Waals surface area contributed by atoms with E-state index in [0.717, 1.165) is 18.4 Å². The molecule has 132 valence electrons. The highest BCUT2D eigenvalue weighted by molar-refractivity contribution is 5.86. The third kappa shape index (κ3) is 3.00. The Kier molecular flexibility index (Phi) is 4.48. The monoisotopic (exact) mass is 346 g/mol. The first-order valence-corrected chi connectivity index (χ1v) is 9.20. The van der Waals surface area contributed by atoms with Gasteiger partial charge in [0.2, 0.25) is 5.91 Å². The lowest BCUT2D eigenvalue weighted by molar-refractivity contribution is -0.133. The van der Waals surface area contributed by atoms with Gasteiger partial charge in [0.05, 0.1) is 12.1 Å². The maximum atomic E-state index is 12.9. The van der Waals surface area contributed by atoms with Crippen molar-refractivity contribution in [1.29, 1.82) is 5.26 Å². The molecule has 1 aliphatic heterocycles. The molecule has 4 rings (SSSR count). The number of carbonyl (C=O) groups excluding carboxylic acids is 1. The summed E-state index contributed by atoms with van der Waals surface area (Å²) in [5, 5.41) is 12.8. The third-order valence-corrected chi connectivity index (χ3v) is 5.63. The first-order chi connectivity index (χ1) is 12.7. The van der Waals surface area contributed by atoms with Crippen LogP contribution in [0.2, 0.25) is 0 Å². The summed E-state index contributed by atoms with van der Waals surface area (Å²) in [4.78, 5) is 12.9. The Labute approximate surface area is 153 Å². The van der Waals surface area contributed by atoms with Crippen molar-refractivity contribution in [1.82, 2.24) is 5.32 Å². The molecular weight excluding hydrogens is 324 g/mol. The van der Waals surface area contributed by atoms with E-state index in [1.54, 1.807) is 0 Å². The van der Waals surface area contributed by atoms with Crippen molar-refractivity contribution in [3.63, 3.8) is 0 Å². The van der Waals surface area contributed by atoms with Gasteiger partial charge >= 0.3 is 0 Å². The summed E-state index contributed by atoms with van der Waals surface area (Å²) < 4.78 is 5.34. The van der Waals surface area contributed by atoms with E-state index in [-0.39, 0.29) is 11.9 Å². The van der Waals surface area contributed by atoms with Gasteiger partial charge in [-0.2, -0.15) is 5.26 Å². The van der Waals surface area contributed by atoms with Gasteiger partial charge in [-0.1, -0.05) is 42.5 Å². The Balaban J connectivity index is 1.58. The van der Waals surface area contributed by atoms with Crippen LogP contribution in [0.4, 0.5) is 0 Å². The summed E-state index contributed by atoms with van der Waals surface area (Å²) in [7, 11) is 0. The maximum Gasteiger partial charge on any atom is 0.241 e. The van der Waals surface area contributed by atoms with Crippen LogP contribution in [0.25, 0.3) is 11.1 Å². The van der Waals surface area contributed by atoms with E-state index < -0.39 is 5.41 Å². The summed E-state index contributed by atoms with van der Waals surface area (Å²) in [6.07, 6.45) is 2.78. The van der Waals surface area contributed by atoms with E-state index in [4.69, 9.17) is 4.74 Å². The summed E-state index contributed by atoms with van der Waals surface area (Å²) in [6, 6.07) is 19.0. The number of carbonyl (C=O) groups is 1. The van der Waals surface area contributed by atoms with Crippen LogP contribution < -0.4 is 5.32 Å². The number of nitriles is 1. The minimum Gasteiger partial charge on any atom is -0.381 e. The molecule has 0 spiro atoms. The van der Waals surface area contributed by atoms with E-state index in [1.807, 2.05) is 18.2 Å². The Hall–Kier alpha value is -2.64. The molecule has 0 aromatic heterocycles. The lowest BCUT2D eigenvalue weighted by Crippen LogP contribution is -2.44. The van der Waals surface area contributed by atoms with Gasteiger partial charge in [0.1, 0.15) is 5.41 Å². The van der Waals surface area contributed by atoms with Crippen molar-refractivity contribution in [3.8, 4) is 17.2 Å². The predicted molar refractivity (Wildman–Crippen MR) is 99.2 cm³/mol. The third-order valence-electron chi connectivity index (χ3n) is 5.63. The number of amides is 1. The number of hydrogen-bond acceptors (Lipinski definition) is 3. The molecule has 1 atom stereocenters. The van der Waals surface area contributed by atoms with E-state index in [2.05, 4.69) is 41.7 Å². The number of hydrogen-bond donors (Lipinski definition) is 1. The summed E-state index contributed by atoms with van der Waals surface area (Å²) in [6.45, 7) is 0.945. The van der Waals surface area contributed by atoms with Gasteiger partial charge in [0.25, 0.3) is 0 Å². The van der Waals surface area contributed by atoms with Crippen molar-refractivity contribution < 1.29 is 9.53 Å². The van der Waals surface area contributed by atoms with E-state index in [1.165, 1.54) is 16.7 Å². The van der Waals surface area contributed by atoms with Crippen LogP contribution in [0, 0.1) is 16.7 Å². The van der Waals surface area contributed by atoms with Crippen LogP contribution in [-0.2, 0) is 16.0 Å². The molecule has 1 saturated heterocycles. The second kappa shape index (κ2) is 6.93. The zero-order chi connectivity index (χ0) is 18.0. The number of aryl methyl sites for hydroxylation is 1. The van der Waals surface area contributed by atoms with Crippen molar-refractivity contribution in [2.75, 3.05) is 13.2 Å². The number of nitrogens with one attached hydrogen (secondary N) is 1. The predicted octanol–water partition coefficient (Wildman–Crippen LogP) is 3.78. The second-order valence-electron chi connectivity index (χ2n) is 7.15. The average molecular weight is 346 g/mol. The second-order valence-corrected chi connectivity index (χ2v) is 7.15. The minimum absolute atomic E-state index is 0.0192. The first kappa shape index (κ1) is 16.8. The number of benzene rings is 2. The molecule has 1 N–H and O–H groups in total. The standard InChI is InChI=1S/C22H22N2O2/c23-15-22(10-12-26-13-11-22)21(25)24-20-9-8-17-6-7-18(14-19(17)20)16-4-2-1-3-5-16/h1-7,14,20H,8-13H2,(H,24,25)/t20-/m1/s1. The topological polar surface area (TPSA) is 62.1 Å². The molecule has 0 saturated carbocycles. The molecule has 0 unspecified atom stereocenters. The van der Waals surface area contributed by atoms with E-state index >= 15 is 0 Å². The van der Waals surface area contributed by atoms with E-state index in [0.29, 0.717) is 26.1 Å². The van der Waals surface area contributed by atoms with Gasteiger partial charge in [-0.15, -0.1) is 0 Å². The van der Waals surface area contributed by atoms with Crippen molar-refractivity contribution in [3.05, 3.63) is 59.7 Å². The van der Waals surface area contributed by atoms with Crippen LogP contribution in [0.15, 0.2) is 48.5 Å². The number of rotatable bonds is 3. The smallest absolute Gasteiger partial charge is 0.241 e. The molecule has 1 amide bonds. The zero-order valence-electron chi connectivity index (χ0n) is 14.7. The van der Waals surface area contributed by atoms with Crippen molar-refractivity contribution in [2.24, 2.45) is 5.41 Å². The lowest BCUT2D eigenvalue weighted by atomic mass is 9.80. The van der Waals surface area contributed by atoms with Crippen LogP contribution in [0.1, 0.15) is 36.4 Å². The van der Waals surface area contributed by atoms with Crippen LogP contribution in [-0.4, -0.2) is 19.1 Å². The highest BCUT2D eigenvalue weighted by Crippen LogP contribution is 2.37. The molecular formula is C22H22N2O2. The maximum absolute atomic E-state index is 12.9. The largest absolute Gasteiger partial charge is 0.381 e. The fourth-order valence-corrected chi connectivity index (χ4v) is 3.97. The molecule has 1 heterocycles. The quantitative estimate of drug-likeness (QED) is 0.920. The average Bonchev–Trinajstić information content (AvgIpc) is 3.11. The molecule has 1 fully saturated rings. The fraction of sp³-hybridized carbons (Fsp3) is 0.364. The Morgan fingerprint density at radius 2 is 1.88 bits per heavy atom. The molecule has 2 aromatic rings. The minimum atomic E-state index is -0.946. The lowest BCUT2D eigenvalue weighted by Gasteiger charge is -2.30. The normalized spacial score (nSPS) is 20.8. The van der Waals surface area contributed by atoms with Gasteiger partial charge in [-0.05, 0) is 54.0 Å². The molecule has 2 aromatic carbocycles. The highest BCUT2D eigenvalue weighted by atomic mass is 16.5. The number of fused-ring (bicyclic) bond motifs is 1. The van der Waals surface area contributed by atoms with Gasteiger partial charge < -0.3 is 10.1 Å². The highest BCUT2D eigenvalue weighted by Gasteiger charge is 2.41.